The molecule has 4 heteroatoms. The van der Waals surface area contributed by atoms with Crippen LogP contribution in [0, 0.1) is 0 Å². The van der Waals surface area contributed by atoms with Crippen LogP contribution in [0.15, 0.2) is 0 Å². The lowest BCUT2D eigenvalue weighted by molar-refractivity contribution is 0.403. The van der Waals surface area contributed by atoms with E-state index in [1.807, 2.05) is 0 Å². The number of halogens is 1. The second-order valence-corrected chi connectivity index (χ2v) is 1.68. The molecule has 1 N–H and O–H groups in total. The molecule has 7 heavy (non-hydrogen) atoms. The molecule has 0 aliphatic carbocycles. The van der Waals surface area contributed by atoms with Gasteiger partial charge in [0.25, 0.3) is 0 Å². The van der Waals surface area contributed by atoms with Gasteiger partial charge in [-0.3, -0.25) is 0 Å². The maximum absolute atomic E-state index is 11.2. The molecular weight excluding hydrogens is 115 g/mol. The van der Waals surface area contributed by atoms with Crippen molar-refractivity contribution in [1.82, 2.24) is 10.4 Å². The molecule has 42 valence electrons. The van der Waals surface area contributed by atoms with Crippen molar-refractivity contribution in [2.24, 2.45) is 0 Å². The van der Waals surface area contributed by atoms with E-state index in [2.05, 4.69) is 12.2 Å². The minimum atomic E-state index is 0.0972. The Morgan fingerprint density at radius 3 is 2.14 bits per heavy atom. The van der Waals surface area contributed by atoms with Gasteiger partial charge in [-0.05, 0) is 12.2 Å². The summed E-state index contributed by atoms with van der Waals surface area (Å²) in [5.41, 5.74) is 1.32. The molecule has 0 radical (unpaired) electrons. The van der Waals surface area contributed by atoms with Crippen molar-refractivity contribution in [3.05, 3.63) is 0 Å². The van der Waals surface area contributed by atoms with Crippen molar-refractivity contribution in [2.75, 3.05) is 14.1 Å². The quantitative estimate of drug-likeness (QED) is 0.367. The zero-order chi connectivity index (χ0) is 5.86. The zero-order valence-electron chi connectivity index (χ0n) is 4.23. The zero-order valence-corrected chi connectivity index (χ0v) is 5.05. The van der Waals surface area contributed by atoms with Crippen molar-refractivity contribution in [2.45, 2.75) is 0 Å². The number of rotatable bonds is 0. The van der Waals surface area contributed by atoms with Gasteiger partial charge >= 0.3 is 0 Å². The van der Waals surface area contributed by atoms with Crippen LogP contribution in [-0.2, 0) is 0 Å². The molecule has 0 aliphatic heterocycles. The first kappa shape index (κ1) is 6.62. The highest BCUT2D eigenvalue weighted by Crippen LogP contribution is 1.74. The summed E-state index contributed by atoms with van der Waals surface area (Å²) in [6.07, 6.45) is 0. The summed E-state index contributed by atoms with van der Waals surface area (Å²) in [5, 5.41) is 0.0972. The molecule has 0 bridgehead atoms. The van der Waals surface area contributed by atoms with Crippen LogP contribution in [0.1, 0.15) is 0 Å². The fourth-order valence-electron chi connectivity index (χ4n) is 0.0845. The Hall–Kier alpha value is -0.380. The molecule has 0 fully saturated rings. The molecule has 0 saturated carbocycles. The van der Waals surface area contributed by atoms with Crippen molar-refractivity contribution in [3.63, 3.8) is 0 Å². The van der Waals surface area contributed by atoms with Crippen LogP contribution in [-0.4, -0.2) is 24.1 Å². The lowest BCUT2D eigenvalue weighted by Crippen LogP contribution is -2.28. The van der Waals surface area contributed by atoms with Gasteiger partial charge in [0.05, 0.1) is 0 Å². The summed E-state index contributed by atoms with van der Waals surface area (Å²) in [5.74, 6) is 0. The van der Waals surface area contributed by atoms with Gasteiger partial charge in [0.1, 0.15) is 0 Å². The minimum absolute atomic E-state index is 0.0972. The number of hydrogen-bond acceptors (Lipinski definition) is 1. The van der Waals surface area contributed by atoms with Crippen molar-refractivity contribution in [3.8, 4) is 0 Å². The van der Waals surface area contributed by atoms with Crippen LogP contribution in [0.2, 0.25) is 0 Å². The van der Waals surface area contributed by atoms with Crippen LogP contribution >= 0.6 is 12.2 Å². The Balaban J connectivity index is 3.35. The normalized spacial score (nSPS) is 7.86. The third-order valence-corrected chi connectivity index (χ3v) is 0.929. The van der Waals surface area contributed by atoms with E-state index in [1.165, 1.54) is 10.4 Å². The van der Waals surface area contributed by atoms with E-state index in [0.29, 0.717) is 0 Å². The standard InChI is InChI=1S/C3H7FN2S/c1-6(2)3(7)5-4/h1-2H3,(H,5,7). The summed E-state index contributed by atoms with van der Waals surface area (Å²) in [6.45, 7) is 0. The summed E-state index contributed by atoms with van der Waals surface area (Å²) in [7, 11) is 3.32. The van der Waals surface area contributed by atoms with Gasteiger partial charge in [-0.1, -0.05) is 0 Å². The van der Waals surface area contributed by atoms with Crippen LogP contribution in [0.3, 0.4) is 0 Å². The molecule has 0 heterocycles. The highest BCUT2D eigenvalue weighted by Gasteiger charge is 1.91. The van der Waals surface area contributed by atoms with E-state index in [0.717, 1.165) is 0 Å². The Bertz CT molecular complexity index is 73.3. The first-order valence-electron chi connectivity index (χ1n) is 1.76. The Kier molecular flexibility index (Phi) is 2.59. The van der Waals surface area contributed by atoms with Gasteiger partial charge in [0.15, 0.2) is 5.11 Å². The highest BCUT2D eigenvalue weighted by molar-refractivity contribution is 7.80. The van der Waals surface area contributed by atoms with Gasteiger partial charge in [0.2, 0.25) is 0 Å². The average Bonchev–Trinajstić information content (AvgIpc) is 1.65. The molecule has 0 rings (SSSR count). The predicted molar refractivity (Wildman–Crippen MR) is 30.5 cm³/mol. The van der Waals surface area contributed by atoms with E-state index in [-0.39, 0.29) is 5.11 Å². The molecule has 0 spiro atoms. The monoisotopic (exact) mass is 122 g/mol. The molecule has 0 aromatic rings. The number of thiocarbonyl (C=S) groups is 1. The summed E-state index contributed by atoms with van der Waals surface area (Å²) in [4.78, 5) is 1.47. The number of nitrogens with one attached hydrogen (secondary N) is 1. The fourth-order valence-corrected chi connectivity index (χ4v) is 0.0845. The first-order chi connectivity index (χ1) is 3.18. The third-order valence-electron chi connectivity index (χ3n) is 0.487. The van der Waals surface area contributed by atoms with Gasteiger partial charge in [-0.15, -0.1) is 4.48 Å². The average molecular weight is 122 g/mol. The lowest BCUT2D eigenvalue weighted by Gasteiger charge is -2.08. The Labute approximate surface area is 47.2 Å². The topological polar surface area (TPSA) is 15.3 Å². The minimum Gasteiger partial charge on any atom is -0.354 e. The second kappa shape index (κ2) is 2.74. The van der Waals surface area contributed by atoms with Crippen molar-refractivity contribution >= 4 is 17.3 Å². The van der Waals surface area contributed by atoms with E-state index in [4.69, 9.17) is 0 Å². The van der Waals surface area contributed by atoms with E-state index in [1.54, 1.807) is 14.1 Å². The van der Waals surface area contributed by atoms with Crippen molar-refractivity contribution in [1.29, 1.82) is 0 Å². The molecule has 0 saturated heterocycles. The van der Waals surface area contributed by atoms with Crippen molar-refractivity contribution < 1.29 is 4.48 Å². The second-order valence-electron chi connectivity index (χ2n) is 1.29. The first-order valence-corrected chi connectivity index (χ1v) is 2.17. The molecule has 2 nitrogen and oxygen atoms in total. The molecule has 0 aromatic heterocycles. The summed E-state index contributed by atoms with van der Waals surface area (Å²) in [6, 6.07) is 0. The fraction of sp³-hybridized carbons (Fsp3) is 0.667. The van der Waals surface area contributed by atoms with Crippen LogP contribution in [0.5, 0.6) is 0 Å². The van der Waals surface area contributed by atoms with E-state index in [9.17, 15) is 4.48 Å². The lowest BCUT2D eigenvalue weighted by atomic mass is 10.9. The van der Waals surface area contributed by atoms with E-state index >= 15 is 0 Å². The number of hydrogen-bond donors (Lipinski definition) is 1. The SMILES string of the molecule is CN(C)C(=S)NF. The largest absolute Gasteiger partial charge is 0.354 e. The number of nitrogens with zero attached hydrogens (tertiary/aromatic N) is 1. The Morgan fingerprint density at radius 1 is 1.71 bits per heavy atom. The van der Waals surface area contributed by atoms with Crippen LogP contribution < -0.4 is 5.54 Å². The molecule has 0 atom stereocenters. The molecule has 0 aliphatic rings. The molecule has 0 unspecified atom stereocenters. The summed E-state index contributed by atoms with van der Waals surface area (Å²) >= 11 is 4.42. The maximum Gasteiger partial charge on any atom is 0.196 e. The highest BCUT2D eigenvalue weighted by atomic mass is 32.1. The molecule has 0 amide bonds. The smallest absolute Gasteiger partial charge is 0.196 e. The van der Waals surface area contributed by atoms with E-state index < -0.39 is 0 Å². The predicted octanol–water partition coefficient (Wildman–Crippen LogP) is 0.307. The summed E-state index contributed by atoms with van der Waals surface area (Å²) < 4.78 is 11.2. The van der Waals surface area contributed by atoms with Gasteiger partial charge in [0, 0.05) is 14.1 Å². The van der Waals surface area contributed by atoms with Gasteiger partial charge < -0.3 is 4.90 Å². The third kappa shape index (κ3) is 2.33. The van der Waals surface area contributed by atoms with Gasteiger partial charge in [-0.2, -0.15) is 5.54 Å². The van der Waals surface area contributed by atoms with Crippen LogP contribution in [0.4, 0.5) is 4.48 Å². The Morgan fingerprint density at radius 2 is 2.14 bits per heavy atom. The molecular formula is C3H7FN2S. The van der Waals surface area contributed by atoms with Gasteiger partial charge in [-0.25, -0.2) is 0 Å². The molecule has 0 aromatic carbocycles. The maximum atomic E-state index is 11.2. The van der Waals surface area contributed by atoms with Crippen LogP contribution in [0.25, 0.3) is 0 Å².